The zero-order valence-corrected chi connectivity index (χ0v) is 10.8. The minimum absolute atomic E-state index is 0.0112. The Labute approximate surface area is 112 Å². The van der Waals surface area contributed by atoms with Gasteiger partial charge in [0.1, 0.15) is 11.6 Å². The van der Waals surface area contributed by atoms with E-state index in [0.29, 0.717) is 11.0 Å². The zero-order valence-electron chi connectivity index (χ0n) is 10.8. The molecule has 0 aliphatic carbocycles. The van der Waals surface area contributed by atoms with E-state index < -0.39 is 24.2 Å². The fraction of sp³-hybridized carbons (Fsp3) is 0.385. The van der Waals surface area contributed by atoms with Crippen molar-refractivity contribution in [3.8, 4) is 0 Å². The number of hydrogen-bond donors (Lipinski definition) is 0. The van der Waals surface area contributed by atoms with Crippen LogP contribution in [0, 0.1) is 5.82 Å². The summed E-state index contributed by atoms with van der Waals surface area (Å²) in [4.78, 5) is 15.1. The summed E-state index contributed by atoms with van der Waals surface area (Å²) in [6, 6.07) is 3.52. The van der Waals surface area contributed by atoms with Crippen molar-refractivity contribution >= 4 is 16.8 Å². The third-order valence-corrected chi connectivity index (χ3v) is 2.88. The molecule has 7 heteroatoms. The van der Waals surface area contributed by atoms with E-state index >= 15 is 0 Å². The van der Waals surface area contributed by atoms with E-state index in [-0.39, 0.29) is 11.9 Å². The van der Waals surface area contributed by atoms with Crippen LogP contribution in [0.4, 0.5) is 17.6 Å². The minimum atomic E-state index is -4.90. The number of halogens is 4. The van der Waals surface area contributed by atoms with E-state index in [1.54, 1.807) is 13.8 Å². The van der Waals surface area contributed by atoms with Gasteiger partial charge in [0.05, 0.1) is 17.5 Å². The second kappa shape index (κ2) is 4.88. The number of alkyl halides is 3. The molecule has 1 heterocycles. The molecule has 20 heavy (non-hydrogen) atoms. The molecular formula is C13H12F4N2O. The van der Waals surface area contributed by atoms with Crippen LogP contribution >= 0.6 is 0 Å². The Hall–Kier alpha value is -1.92. The van der Waals surface area contributed by atoms with Gasteiger partial charge < -0.3 is 4.57 Å². The molecule has 1 aromatic heterocycles. The maximum atomic E-state index is 13.3. The van der Waals surface area contributed by atoms with Gasteiger partial charge in [0.25, 0.3) is 0 Å². The molecule has 0 saturated carbocycles. The van der Waals surface area contributed by atoms with Gasteiger partial charge in [0, 0.05) is 6.04 Å². The highest BCUT2D eigenvalue weighted by atomic mass is 19.4. The van der Waals surface area contributed by atoms with Crippen LogP contribution in [0.15, 0.2) is 18.2 Å². The molecule has 0 saturated heterocycles. The summed E-state index contributed by atoms with van der Waals surface area (Å²) in [5.41, 5.74) is 0.745. The lowest BCUT2D eigenvalue weighted by Gasteiger charge is -2.13. The Bertz CT molecular complexity index is 658. The lowest BCUT2D eigenvalue weighted by atomic mass is 10.2. The van der Waals surface area contributed by atoms with Gasteiger partial charge in [0.2, 0.25) is 5.78 Å². The normalized spacial score (nSPS) is 12.3. The Kier molecular flexibility index (Phi) is 3.54. The molecule has 2 aromatic rings. The first-order valence-electron chi connectivity index (χ1n) is 5.96. The Morgan fingerprint density at radius 2 is 2.00 bits per heavy atom. The van der Waals surface area contributed by atoms with E-state index in [4.69, 9.17) is 0 Å². The van der Waals surface area contributed by atoms with E-state index in [0.717, 1.165) is 0 Å². The molecule has 0 spiro atoms. The van der Waals surface area contributed by atoms with Crippen LogP contribution in [-0.2, 0) is 11.2 Å². The van der Waals surface area contributed by atoms with E-state index in [1.165, 1.54) is 22.8 Å². The van der Waals surface area contributed by atoms with Gasteiger partial charge in [-0.05, 0) is 32.0 Å². The molecule has 0 atom stereocenters. The number of imidazole rings is 1. The van der Waals surface area contributed by atoms with Crippen LogP contribution in [-0.4, -0.2) is 21.5 Å². The highest BCUT2D eigenvalue weighted by Crippen LogP contribution is 2.25. The van der Waals surface area contributed by atoms with E-state index in [9.17, 15) is 22.4 Å². The number of Topliss-reactive ketones (excluding diaryl/α,β-unsaturated/α-hetero) is 1. The number of hydrogen-bond acceptors (Lipinski definition) is 2. The number of carbonyl (C=O) groups is 1. The quantitative estimate of drug-likeness (QED) is 0.811. The van der Waals surface area contributed by atoms with Crippen molar-refractivity contribution in [2.45, 2.75) is 32.5 Å². The highest BCUT2D eigenvalue weighted by molar-refractivity contribution is 5.86. The molecule has 3 nitrogen and oxygen atoms in total. The standard InChI is InChI=1S/C13H12F4N2O/c1-7(2)19-10-5-8(14)3-4-9(10)18-12(19)6-11(20)13(15,16)17/h3-5,7H,6H2,1-2H3. The average Bonchev–Trinajstić information content (AvgIpc) is 2.64. The first-order valence-corrected chi connectivity index (χ1v) is 5.96. The summed E-state index contributed by atoms with van der Waals surface area (Å²) in [5, 5.41) is 0. The van der Waals surface area contributed by atoms with Crippen LogP contribution in [0.3, 0.4) is 0 Å². The van der Waals surface area contributed by atoms with Gasteiger partial charge in [-0.3, -0.25) is 4.79 Å². The van der Waals surface area contributed by atoms with Crippen molar-refractivity contribution in [1.82, 2.24) is 9.55 Å². The van der Waals surface area contributed by atoms with Crippen molar-refractivity contribution in [1.29, 1.82) is 0 Å². The lowest BCUT2D eigenvalue weighted by Crippen LogP contribution is -2.26. The SMILES string of the molecule is CC(C)n1c(CC(=O)C(F)(F)F)nc2ccc(F)cc21. The van der Waals surface area contributed by atoms with Crippen molar-refractivity contribution in [2.75, 3.05) is 0 Å². The number of fused-ring (bicyclic) bond motifs is 1. The number of rotatable bonds is 3. The molecule has 2 rings (SSSR count). The molecule has 0 radical (unpaired) electrons. The summed E-state index contributed by atoms with van der Waals surface area (Å²) in [6.07, 6.45) is -5.75. The summed E-state index contributed by atoms with van der Waals surface area (Å²) in [7, 11) is 0. The fourth-order valence-corrected chi connectivity index (χ4v) is 2.06. The first kappa shape index (κ1) is 14.5. The second-order valence-corrected chi connectivity index (χ2v) is 4.72. The first-order chi connectivity index (χ1) is 9.20. The second-order valence-electron chi connectivity index (χ2n) is 4.72. The van der Waals surface area contributed by atoms with Gasteiger partial charge in [0.15, 0.2) is 0 Å². The van der Waals surface area contributed by atoms with E-state index in [1.807, 2.05) is 0 Å². The van der Waals surface area contributed by atoms with Gasteiger partial charge in [-0.15, -0.1) is 0 Å². The van der Waals surface area contributed by atoms with Gasteiger partial charge in [-0.2, -0.15) is 13.2 Å². The Morgan fingerprint density at radius 1 is 1.35 bits per heavy atom. The van der Waals surface area contributed by atoms with Crippen molar-refractivity contribution in [2.24, 2.45) is 0 Å². The van der Waals surface area contributed by atoms with Crippen molar-refractivity contribution < 1.29 is 22.4 Å². The number of nitrogens with zero attached hydrogens (tertiary/aromatic N) is 2. The van der Waals surface area contributed by atoms with E-state index in [2.05, 4.69) is 4.98 Å². The number of benzene rings is 1. The van der Waals surface area contributed by atoms with Crippen LogP contribution in [0.2, 0.25) is 0 Å². The molecule has 108 valence electrons. The number of carbonyl (C=O) groups excluding carboxylic acids is 1. The van der Waals surface area contributed by atoms with Crippen LogP contribution in [0.1, 0.15) is 25.7 Å². The van der Waals surface area contributed by atoms with Gasteiger partial charge in [-0.1, -0.05) is 0 Å². The predicted molar refractivity (Wildman–Crippen MR) is 64.8 cm³/mol. The monoisotopic (exact) mass is 288 g/mol. The zero-order chi connectivity index (χ0) is 15.1. The topological polar surface area (TPSA) is 34.9 Å². The molecule has 0 fully saturated rings. The maximum absolute atomic E-state index is 13.3. The van der Waals surface area contributed by atoms with Crippen molar-refractivity contribution in [3.63, 3.8) is 0 Å². The molecule has 0 unspecified atom stereocenters. The molecular weight excluding hydrogens is 276 g/mol. The summed E-state index contributed by atoms with van der Waals surface area (Å²) in [5.74, 6) is -2.38. The highest BCUT2D eigenvalue weighted by Gasteiger charge is 2.39. The van der Waals surface area contributed by atoms with Crippen LogP contribution in [0.25, 0.3) is 11.0 Å². The third-order valence-electron chi connectivity index (χ3n) is 2.88. The van der Waals surface area contributed by atoms with Crippen LogP contribution < -0.4 is 0 Å². The average molecular weight is 288 g/mol. The molecule has 0 aliphatic rings. The summed E-state index contributed by atoms with van der Waals surface area (Å²) in [6.45, 7) is 3.46. The Balaban J connectivity index is 2.53. The van der Waals surface area contributed by atoms with Crippen LogP contribution in [0.5, 0.6) is 0 Å². The van der Waals surface area contributed by atoms with Gasteiger partial charge >= 0.3 is 6.18 Å². The lowest BCUT2D eigenvalue weighted by molar-refractivity contribution is -0.170. The summed E-state index contributed by atoms with van der Waals surface area (Å²) >= 11 is 0. The smallest absolute Gasteiger partial charge is 0.325 e. The minimum Gasteiger partial charge on any atom is -0.325 e. The van der Waals surface area contributed by atoms with Gasteiger partial charge in [-0.25, -0.2) is 9.37 Å². The molecule has 0 bridgehead atoms. The molecule has 0 aliphatic heterocycles. The Morgan fingerprint density at radius 3 is 2.55 bits per heavy atom. The molecule has 1 aromatic carbocycles. The van der Waals surface area contributed by atoms with Crippen molar-refractivity contribution in [3.05, 3.63) is 29.8 Å². The fourth-order valence-electron chi connectivity index (χ4n) is 2.06. The predicted octanol–water partition coefficient (Wildman–Crippen LogP) is 3.43. The number of ketones is 1. The molecule has 0 N–H and O–H groups in total. The number of aromatic nitrogens is 2. The maximum Gasteiger partial charge on any atom is 0.450 e. The molecule has 0 amide bonds. The largest absolute Gasteiger partial charge is 0.450 e. The third kappa shape index (κ3) is 2.66. The summed E-state index contributed by atoms with van der Waals surface area (Å²) < 4.78 is 51.7.